The number of carbonyl (C=O) groups excluding carboxylic acids is 2. The van der Waals surface area contributed by atoms with Gasteiger partial charge in [0.25, 0.3) is 11.8 Å². The first-order chi connectivity index (χ1) is 17.8. The zero-order valence-corrected chi connectivity index (χ0v) is 22.5. The minimum absolute atomic E-state index is 0.146. The predicted molar refractivity (Wildman–Crippen MR) is 144 cm³/mol. The summed E-state index contributed by atoms with van der Waals surface area (Å²) < 4.78 is 3.34. The number of anilines is 1. The Bertz CT molecular complexity index is 1530. The van der Waals surface area contributed by atoms with Gasteiger partial charge in [0.2, 0.25) is 0 Å². The third-order valence-electron chi connectivity index (χ3n) is 6.14. The van der Waals surface area contributed by atoms with Gasteiger partial charge in [0.05, 0.1) is 29.4 Å². The summed E-state index contributed by atoms with van der Waals surface area (Å²) in [7, 11) is 5.25. The maximum atomic E-state index is 13.5. The molecule has 1 aromatic carbocycles. The summed E-state index contributed by atoms with van der Waals surface area (Å²) in [6, 6.07) is 9.20. The van der Waals surface area contributed by atoms with Crippen LogP contribution in [-0.4, -0.2) is 67.4 Å². The van der Waals surface area contributed by atoms with Gasteiger partial charge >= 0.3 is 0 Å². The molecule has 9 nitrogen and oxygen atoms in total. The molecule has 0 bridgehead atoms. The van der Waals surface area contributed by atoms with Crippen molar-refractivity contribution >= 4 is 39.9 Å². The molecule has 0 saturated carbocycles. The number of hydrogen-bond donors (Lipinski definition) is 0. The van der Waals surface area contributed by atoms with Crippen molar-refractivity contribution in [3.8, 4) is 11.8 Å². The van der Waals surface area contributed by atoms with E-state index in [1.54, 1.807) is 52.5 Å². The molecule has 4 heterocycles. The van der Waals surface area contributed by atoms with E-state index < -0.39 is 6.04 Å². The number of likely N-dealkylation sites (N-methyl/N-ethyl adjacent to an activating group) is 2. The molecule has 0 N–H and O–H groups in total. The number of nitrogens with zero attached hydrogens (tertiary/aromatic N) is 7. The van der Waals surface area contributed by atoms with Crippen molar-refractivity contribution in [1.29, 1.82) is 0 Å². The Morgan fingerprint density at radius 3 is 2.70 bits per heavy atom. The van der Waals surface area contributed by atoms with E-state index in [0.717, 1.165) is 31.5 Å². The van der Waals surface area contributed by atoms with Gasteiger partial charge in [0.15, 0.2) is 5.69 Å². The maximum absolute atomic E-state index is 13.5. The van der Waals surface area contributed by atoms with Crippen LogP contribution in [0.5, 0.6) is 0 Å². The van der Waals surface area contributed by atoms with Crippen molar-refractivity contribution in [2.45, 2.75) is 24.4 Å². The normalized spacial score (nSPS) is 15.1. The van der Waals surface area contributed by atoms with Crippen LogP contribution in [-0.2, 0) is 18.4 Å². The number of thioether (sulfide) groups is 1. The monoisotopic (exact) mass is 531 g/mol. The second kappa shape index (κ2) is 10.2. The molecular weight excluding hydrogens is 506 g/mol. The maximum Gasteiger partial charge on any atom is 0.276 e. The van der Waals surface area contributed by atoms with Crippen LogP contribution < -0.4 is 4.90 Å². The molecule has 2 amide bonds. The summed E-state index contributed by atoms with van der Waals surface area (Å²) in [4.78, 5) is 31.8. The number of carbonyl (C=O) groups is 2. The molecule has 3 aromatic heterocycles. The first-order valence-electron chi connectivity index (χ1n) is 11.6. The molecule has 0 unspecified atom stereocenters. The van der Waals surface area contributed by atoms with E-state index in [9.17, 15) is 9.59 Å². The minimum atomic E-state index is -0.634. The number of aryl methyl sites for hydroxylation is 1. The summed E-state index contributed by atoms with van der Waals surface area (Å²) in [5.74, 6) is 6.33. The summed E-state index contributed by atoms with van der Waals surface area (Å²) in [5, 5.41) is 13.2. The highest BCUT2D eigenvalue weighted by Gasteiger charge is 2.36. The van der Waals surface area contributed by atoms with E-state index >= 15 is 0 Å². The molecule has 5 rings (SSSR count). The van der Waals surface area contributed by atoms with Gasteiger partial charge in [0, 0.05) is 38.0 Å². The van der Waals surface area contributed by atoms with Crippen LogP contribution in [0.2, 0.25) is 0 Å². The van der Waals surface area contributed by atoms with Gasteiger partial charge in [0.1, 0.15) is 11.0 Å². The number of thiophene rings is 1. The molecule has 0 spiro atoms. The first kappa shape index (κ1) is 24.8. The van der Waals surface area contributed by atoms with Gasteiger partial charge in [-0.05, 0) is 18.1 Å². The van der Waals surface area contributed by atoms with Crippen molar-refractivity contribution in [2.75, 3.05) is 24.7 Å². The number of aromatic nitrogens is 5. The number of hydrogen-bond acceptors (Lipinski definition) is 7. The lowest BCUT2D eigenvalue weighted by molar-refractivity contribution is -0.121. The van der Waals surface area contributed by atoms with Crippen LogP contribution in [0, 0.1) is 18.8 Å². The summed E-state index contributed by atoms with van der Waals surface area (Å²) in [6.45, 7) is 2.53. The van der Waals surface area contributed by atoms with Crippen molar-refractivity contribution in [2.24, 2.45) is 7.05 Å². The van der Waals surface area contributed by atoms with Gasteiger partial charge in [-0.3, -0.25) is 14.3 Å². The van der Waals surface area contributed by atoms with Crippen molar-refractivity contribution in [1.82, 2.24) is 29.7 Å². The summed E-state index contributed by atoms with van der Waals surface area (Å²) in [5.41, 5.74) is 3.15. The average Bonchev–Trinajstić information content (AvgIpc) is 3.60. The molecule has 1 aliphatic heterocycles. The van der Waals surface area contributed by atoms with Crippen molar-refractivity contribution in [3.63, 3.8) is 0 Å². The van der Waals surface area contributed by atoms with Crippen LogP contribution in [0.3, 0.4) is 0 Å². The van der Waals surface area contributed by atoms with Crippen LogP contribution in [0.4, 0.5) is 5.00 Å². The van der Waals surface area contributed by atoms with Crippen LogP contribution >= 0.6 is 23.1 Å². The fourth-order valence-corrected chi connectivity index (χ4v) is 6.67. The Balaban J connectivity index is 1.32. The van der Waals surface area contributed by atoms with Gasteiger partial charge in [-0.15, -0.1) is 28.2 Å². The molecule has 1 aliphatic rings. The molecule has 0 aliphatic carbocycles. The second-order valence-corrected chi connectivity index (χ2v) is 10.8. The third-order valence-corrected chi connectivity index (χ3v) is 8.82. The van der Waals surface area contributed by atoms with Crippen LogP contribution in [0.1, 0.15) is 32.1 Å². The van der Waals surface area contributed by atoms with Crippen LogP contribution in [0.15, 0.2) is 53.8 Å². The highest BCUT2D eigenvalue weighted by Crippen LogP contribution is 2.44. The Labute approximate surface area is 223 Å². The van der Waals surface area contributed by atoms with E-state index in [1.807, 2.05) is 50.5 Å². The van der Waals surface area contributed by atoms with E-state index in [-0.39, 0.29) is 17.5 Å². The molecule has 188 valence electrons. The predicted octanol–water partition coefficient (Wildman–Crippen LogP) is 3.04. The van der Waals surface area contributed by atoms with E-state index in [1.165, 1.54) is 16.2 Å². The fourth-order valence-electron chi connectivity index (χ4n) is 4.01. The van der Waals surface area contributed by atoms with Gasteiger partial charge in [-0.2, -0.15) is 5.10 Å². The Kier molecular flexibility index (Phi) is 6.86. The SMILES string of the molecule is Cc1c(C#Cc2cnn(C)c2)sc2c1SC[C@H](N(C)C(=O)c1cn(Cc3ccccc3)nn1)C(=O)N2C. The standard InChI is InChI=1S/C26H25N7O2S2/c1-17-22(11-10-19-12-27-30(2)13-19)37-26-23(17)36-16-21(25(35)32(26)4)31(3)24(34)20-15-33(29-28-20)14-18-8-6-5-7-9-18/h5-9,12-13,15,21H,14,16H2,1-4H3/t21-/m0/s1. The van der Waals surface area contributed by atoms with E-state index in [0.29, 0.717) is 12.3 Å². The molecule has 37 heavy (non-hydrogen) atoms. The Morgan fingerprint density at radius 1 is 1.19 bits per heavy atom. The Hall–Kier alpha value is -3.88. The van der Waals surface area contributed by atoms with E-state index in [4.69, 9.17) is 0 Å². The third kappa shape index (κ3) is 5.03. The molecular formula is C26H25N7O2S2. The average molecular weight is 532 g/mol. The summed E-state index contributed by atoms with van der Waals surface area (Å²) in [6.07, 6.45) is 5.21. The number of fused-ring (bicyclic) bond motifs is 1. The van der Waals surface area contributed by atoms with Gasteiger partial charge in [-0.25, -0.2) is 4.68 Å². The quantitative estimate of drug-likeness (QED) is 0.376. The van der Waals surface area contributed by atoms with Gasteiger partial charge < -0.3 is 9.80 Å². The second-order valence-electron chi connectivity index (χ2n) is 8.77. The number of benzene rings is 1. The molecule has 1 atom stereocenters. The molecule has 11 heteroatoms. The van der Waals surface area contributed by atoms with Crippen molar-refractivity contribution in [3.05, 3.63) is 76.2 Å². The largest absolute Gasteiger partial charge is 0.327 e. The molecule has 0 fully saturated rings. The highest BCUT2D eigenvalue weighted by atomic mass is 32.2. The molecule has 0 radical (unpaired) electrons. The topological polar surface area (TPSA) is 89.1 Å². The fraction of sp³-hybridized carbons (Fsp3) is 0.269. The van der Waals surface area contributed by atoms with Crippen molar-refractivity contribution < 1.29 is 9.59 Å². The lowest BCUT2D eigenvalue weighted by Gasteiger charge is -2.27. The molecule has 4 aromatic rings. The summed E-state index contributed by atoms with van der Waals surface area (Å²) >= 11 is 3.07. The Morgan fingerprint density at radius 2 is 1.97 bits per heavy atom. The number of rotatable bonds is 4. The van der Waals surface area contributed by atoms with Gasteiger partial charge in [-0.1, -0.05) is 47.4 Å². The zero-order valence-electron chi connectivity index (χ0n) is 20.9. The smallest absolute Gasteiger partial charge is 0.276 e. The van der Waals surface area contributed by atoms with Crippen LogP contribution in [0.25, 0.3) is 0 Å². The highest BCUT2D eigenvalue weighted by molar-refractivity contribution is 7.99. The minimum Gasteiger partial charge on any atom is -0.327 e. The van der Waals surface area contributed by atoms with E-state index in [2.05, 4.69) is 27.3 Å². The number of amides is 2. The first-order valence-corrected chi connectivity index (χ1v) is 13.4. The lowest BCUT2D eigenvalue weighted by atomic mass is 10.2. The zero-order chi connectivity index (χ0) is 26.1. The molecule has 0 saturated heterocycles. The lowest BCUT2D eigenvalue weighted by Crippen LogP contribution is -2.49.